The van der Waals surface area contributed by atoms with Gasteiger partial charge in [-0.2, -0.15) is 0 Å². The highest BCUT2D eigenvalue weighted by Crippen LogP contribution is 2.66. The highest BCUT2D eigenvalue weighted by atomic mass is 28.4. The van der Waals surface area contributed by atoms with E-state index in [1.165, 1.54) is 32.1 Å². The normalized spacial score (nSPS) is 48.1. The van der Waals surface area contributed by atoms with Crippen LogP contribution in [0.15, 0.2) is 0 Å². The van der Waals surface area contributed by atoms with Crippen molar-refractivity contribution in [2.24, 2.45) is 34.5 Å². The number of hydrogen-bond acceptors (Lipinski definition) is 3. The molecule has 0 aromatic heterocycles. The first-order valence-corrected chi connectivity index (χ1v) is 15.1. The molecule has 166 valence electrons. The topological polar surface area (TPSA) is 46.5 Å². The molecule has 8 atom stereocenters. The van der Waals surface area contributed by atoms with Crippen molar-refractivity contribution in [2.45, 2.75) is 116 Å². The van der Waals surface area contributed by atoms with Gasteiger partial charge < -0.3 is 9.53 Å². The maximum absolute atomic E-state index is 12.8. The van der Waals surface area contributed by atoms with Gasteiger partial charge in [0.2, 0.25) is 0 Å². The third kappa shape index (κ3) is 3.06. The number of Topliss-reactive ketones (excluding diaryl/α,β-unsaturated/α-hetero) is 1. The highest BCUT2D eigenvalue weighted by Gasteiger charge is 2.65. The number of rotatable bonds is 2. The molecule has 29 heavy (non-hydrogen) atoms. The Morgan fingerprint density at radius 1 is 1.03 bits per heavy atom. The molecule has 0 heterocycles. The Kier molecular flexibility index (Phi) is 5.24. The largest absolute Gasteiger partial charge is 0.413 e. The first-order valence-electron chi connectivity index (χ1n) is 12.2. The van der Waals surface area contributed by atoms with Crippen LogP contribution in [0.25, 0.3) is 0 Å². The van der Waals surface area contributed by atoms with Crippen molar-refractivity contribution >= 4 is 14.1 Å². The van der Waals surface area contributed by atoms with E-state index >= 15 is 0 Å². The molecule has 0 radical (unpaired) electrons. The van der Waals surface area contributed by atoms with E-state index in [-0.39, 0.29) is 10.5 Å². The molecule has 4 aliphatic rings. The molecule has 0 aliphatic heterocycles. The molecule has 4 heteroatoms. The van der Waals surface area contributed by atoms with Gasteiger partial charge in [-0.25, -0.2) is 0 Å². The van der Waals surface area contributed by atoms with E-state index in [1.54, 1.807) is 0 Å². The molecule has 0 spiro atoms. The minimum atomic E-state index is -1.86. The van der Waals surface area contributed by atoms with Crippen LogP contribution in [0, 0.1) is 34.5 Å². The van der Waals surface area contributed by atoms with Crippen molar-refractivity contribution in [3.8, 4) is 0 Å². The van der Waals surface area contributed by atoms with Crippen LogP contribution in [0.1, 0.15) is 86.0 Å². The molecule has 0 aromatic carbocycles. The summed E-state index contributed by atoms with van der Waals surface area (Å²) >= 11 is 0. The van der Waals surface area contributed by atoms with Crippen molar-refractivity contribution in [2.75, 3.05) is 0 Å². The molecule has 4 rings (SSSR count). The van der Waals surface area contributed by atoms with Crippen molar-refractivity contribution < 1.29 is 14.3 Å². The van der Waals surface area contributed by atoms with Crippen LogP contribution in [-0.2, 0) is 9.22 Å². The zero-order chi connectivity index (χ0) is 21.4. The monoisotopic (exact) mass is 420 g/mol. The van der Waals surface area contributed by atoms with Crippen LogP contribution in [-0.4, -0.2) is 31.4 Å². The quantitative estimate of drug-likeness (QED) is 0.561. The Labute approximate surface area is 179 Å². The molecule has 3 nitrogen and oxygen atoms in total. The van der Waals surface area contributed by atoms with Gasteiger partial charge >= 0.3 is 0 Å². The van der Waals surface area contributed by atoms with Gasteiger partial charge in [-0.15, -0.1) is 0 Å². The minimum absolute atomic E-state index is 0.143. The Morgan fingerprint density at radius 3 is 2.38 bits per heavy atom. The number of aliphatic hydroxyl groups excluding tert-OH is 1. The second-order valence-electron chi connectivity index (χ2n) is 12.8. The maximum atomic E-state index is 12.8. The predicted octanol–water partition coefficient (Wildman–Crippen LogP) is 5.96. The third-order valence-electron chi connectivity index (χ3n) is 10.7. The second-order valence-corrected chi connectivity index (χ2v) is 17.6. The van der Waals surface area contributed by atoms with Crippen molar-refractivity contribution in [3.05, 3.63) is 0 Å². The Morgan fingerprint density at radius 2 is 1.72 bits per heavy atom. The number of fused-ring (bicyclic) bond motifs is 5. The molecule has 1 unspecified atom stereocenters. The molecular formula is C25H44O3Si. The SMILES string of the molecule is CC(C)(C)[Si](C)(C)OC1CCC[C@H]2CC[C@H]3[C@@H]4CCC(=O)[C@@]4(C)[C@@H](O)C[C@@H]3[C@@]12C. The predicted molar refractivity (Wildman–Crippen MR) is 120 cm³/mol. The lowest BCUT2D eigenvalue weighted by molar-refractivity contribution is -0.186. The molecule has 4 saturated carbocycles. The van der Waals surface area contributed by atoms with Gasteiger partial charge in [-0.1, -0.05) is 34.1 Å². The van der Waals surface area contributed by atoms with Gasteiger partial charge in [0.1, 0.15) is 5.78 Å². The zero-order valence-electron chi connectivity index (χ0n) is 19.9. The summed E-state index contributed by atoms with van der Waals surface area (Å²) in [5.41, 5.74) is -0.348. The highest BCUT2D eigenvalue weighted by molar-refractivity contribution is 6.74. The lowest BCUT2D eigenvalue weighted by Crippen LogP contribution is -2.63. The summed E-state index contributed by atoms with van der Waals surface area (Å²) in [6.07, 6.45) is 8.58. The Hall–Kier alpha value is -0.193. The Balaban J connectivity index is 1.69. The first-order chi connectivity index (χ1) is 13.3. The van der Waals surface area contributed by atoms with Crippen LogP contribution in [0.2, 0.25) is 18.1 Å². The lowest BCUT2D eigenvalue weighted by atomic mass is 9.44. The molecule has 0 amide bonds. The summed E-state index contributed by atoms with van der Waals surface area (Å²) in [6.45, 7) is 16.4. The Bertz CT molecular complexity index is 667. The number of carbonyl (C=O) groups is 1. The molecule has 0 saturated heterocycles. The molecule has 0 bridgehead atoms. The maximum Gasteiger partial charge on any atom is 0.192 e. The van der Waals surface area contributed by atoms with Crippen LogP contribution in [0.4, 0.5) is 0 Å². The fourth-order valence-corrected chi connectivity index (χ4v) is 9.19. The number of hydrogen-bond donors (Lipinski definition) is 1. The molecular weight excluding hydrogens is 376 g/mol. The summed E-state index contributed by atoms with van der Waals surface area (Å²) < 4.78 is 7.15. The average molecular weight is 421 g/mol. The molecule has 1 N–H and O–H groups in total. The average Bonchev–Trinajstić information content (AvgIpc) is 2.92. The van der Waals surface area contributed by atoms with E-state index in [9.17, 15) is 9.90 Å². The third-order valence-corrected chi connectivity index (χ3v) is 15.2. The molecule has 4 fully saturated rings. The van der Waals surface area contributed by atoms with E-state index < -0.39 is 19.8 Å². The van der Waals surface area contributed by atoms with Gasteiger partial charge in [0.15, 0.2) is 8.32 Å². The summed E-state index contributed by atoms with van der Waals surface area (Å²) in [5, 5.41) is 11.5. The number of aliphatic hydroxyl groups is 1. The van der Waals surface area contributed by atoms with Gasteiger partial charge in [0, 0.05) is 6.42 Å². The van der Waals surface area contributed by atoms with Crippen LogP contribution in [0.3, 0.4) is 0 Å². The van der Waals surface area contributed by atoms with Gasteiger partial charge in [-0.05, 0) is 92.7 Å². The molecule has 4 aliphatic carbocycles. The smallest absolute Gasteiger partial charge is 0.192 e. The van der Waals surface area contributed by atoms with E-state index in [0.29, 0.717) is 42.0 Å². The van der Waals surface area contributed by atoms with E-state index in [0.717, 1.165) is 12.8 Å². The summed E-state index contributed by atoms with van der Waals surface area (Å²) in [7, 11) is -1.86. The standard InChI is InChI=1S/C25H44O3Si/c1-23(2,3)29(6,7)28-22-10-8-9-16-11-12-17-18-13-14-20(26)25(18,5)21(27)15-19(17)24(16,22)4/h16-19,21-22,27H,8-15H2,1-7H3/t16-,17-,18-,19-,21-,22?,24-,25-/m0/s1. The van der Waals surface area contributed by atoms with Gasteiger partial charge in [-0.3, -0.25) is 4.79 Å². The van der Waals surface area contributed by atoms with Crippen LogP contribution in [0.5, 0.6) is 0 Å². The molecule has 0 aromatic rings. The van der Waals surface area contributed by atoms with Crippen molar-refractivity contribution in [1.29, 1.82) is 0 Å². The fourth-order valence-electron chi connectivity index (χ4n) is 7.76. The summed E-state index contributed by atoms with van der Waals surface area (Å²) in [4.78, 5) is 12.8. The van der Waals surface area contributed by atoms with Crippen LogP contribution < -0.4 is 0 Å². The van der Waals surface area contributed by atoms with Gasteiger partial charge in [0.05, 0.1) is 17.6 Å². The van der Waals surface area contributed by atoms with Crippen LogP contribution >= 0.6 is 0 Å². The van der Waals surface area contributed by atoms with Crippen molar-refractivity contribution in [1.82, 2.24) is 0 Å². The fraction of sp³-hybridized carbons (Fsp3) is 0.960. The van der Waals surface area contributed by atoms with E-state index in [2.05, 4.69) is 47.7 Å². The first kappa shape index (κ1) is 22.0. The lowest BCUT2D eigenvalue weighted by Gasteiger charge is -2.63. The zero-order valence-corrected chi connectivity index (χ0v) is 20.9. The second kappa shape index (κ2) is 6.90. The van der Waals surface area contributed by atoms with E-state index in [4.69, 9.17) is 4.43 Å². The minimum Gasteiger partial charge on any atom is -0.413 e. The summed E-state index contributed by atoms with van der Waals surface area (Å²) in [6, 6.07) is 0. The van der Waals surface area contributed by atoms with Crippen molar-refractivity contribution in [3.63, 3.8) is 0 Å². The number of carbonyl (C=O) groups excluding carboxylic acids is 1. The van der Waals surface area contributed by atoms with Gasteiger partial charge in [0.25, 0.3) is 0 Å². The van der Waals surface area contributed by atoms with E-state index in [1.807, 2.05) is 0 Å². The summed E-state index contributed by atoms with van der Waals surface area (Å²) in [5.74, 6) is 2.48. The number of ketones is 1.